The number of rotatable bonds is 6. The molecular weight excluding hydrogens is 338 g/mol. The van der Waals surface area contributed by atoms with Gasteiger partial charge in [0.2, 0.25) is 0 Å². The molecule has 3 aromatic rings. The van der Waals surface area contributed by atoms with Crippen LogP contribution in [0.1, 0.15) is 12.5 Å². The van der Waals surface area contributed by atoms with Crippen molar-refractivity contribution in [3.8, 4) is 11.4 Å². The molecule has 1 aromatic heterocycles. The molecule has 0 aliphatic rings. The van der Waals surface area contributed by atoms with Gasteiger partial charge in [0.15, 0.2) is 6.10 Å². The molecule has 1 heterocycles. The van der Waals surface area contributed by atoms with Crippen molar-refractivity contribution in [1.82, 2.24) is 14.9 Å². The largest absolute Gasteiger partial charge is 0.479 e. The second kappa shape index (κ2) is 7.85. The van der Waals surface area contributed by atoms with Gasteiger partial charge in [0.25, 0.3) is 5.91 Å². The zero-order valence-electron chi connectivity index (χ0n) is 13.7. The Kier molecular flexibility index (Phi) is 5.36. The van der Waals surface area contributed by atoms with Gasteiger partial charge in [-0.05, 0) is 30.7 Å². The highest BCUT2D eigenvalue weighted by Gasteiger charge is 2.16. The molecule has 0 saturated carbocycles. The number of ether oxygens (including phenoxy) is 1. The molecule has 0 fully saturated rings. The van der Waals surface area contributed by atoms with Crippen molar-refractivity contribution in [1.29, 1.82) is 0 Å². The summed E-state index contributed by atoms with van der Waals surface area (Å²) in [6.07, 6.45) is 4.66. The summed E-state index contributed by atoms with van der Waals surface area (Å²) in [7, 11) is 0. The molecule has 2 aromatic carbocycles. The number of amides is 1. The van der Waals surface area contributed by atoms with Crippen molar-refractivity contribution < 1.29 is 9.53 Å². The van der Waals surface area contributed by atoms with Crippen molar-refractivity contribution in [2.45, 2.75) is 19.6 Å². The number of nitrogens with one attached hydrogen (secondary N) is 1. The molecule has 0 saturated heterocycles. The topological polar surface area (TPSA) is 56.1 Å². The Hall–Kier alpha value is -2.79. The average Bonchev–Trinajstić information content (AvgIpc) is 3.16. The van der Waals surface area contributed by atoms with Gasteiger partial charge in [-0.1, -0.05) is 41.9 Å². The molecule has 128 valence electrons. The Bertz CT molecular complexity index is 849. The number of hydrogen-bond donors (Lipinski definition) is 1. The van der Waals surface area contributed by atoms with Crippen LogP contribution in [0, 0.1) is 0 Å². The van der Waals surface area contributed by atoms with E-state index in [1.54, 1.807) is 31.6 Å². The SMILES string of the molecule is C[C@H](Oc1ccccc1Cl)C(=O)NCc1ccccc1-n1ccnc1. The summed E-state index contributed by atoms with van der Waals surface area (Å²) in [5, 5.41) is 3.38. The maximum atomic E-state index is 12.3. The molecular formula is C19H18ClN3O2. The van der Waals surface area contributed by atoms with Gasteiger partial charge in [-0.3, -0.25) is 4.79 Å². The third-order valence-electron chi connectivity index (χ3n) is 3.74. The summed E-state index contributed by atoms with van der Waals surface area (Å²) in [6, 6.07) is 14.9. The van der Waals surface area contributed by atoms with Crippen molar-refractivity contribution in [2.24, 2.45) is 0 Å². The Morgan fingerprint density at radius 1 is 1.24 bits per heavy atom. The first-order valence-corrected chi connectivity index (χ1v) is 8.28. The van der Waals surface area contributed by atoms with Crippen LogP contribution in [0.15, 0.2) is 67.3 Å². The zero-order chi connectivity index (χ0) is 17.6. The smallest absolute Gasteiger partial charge is 0.261 e. The van der Waals surface area contributed by atoms with E-state index < -0.39 is 6.10 Å². The van der Waals surface area contributed by atoms with Crippen LogP contribution in [0.4, 0.5) is 0 Å². The maximum Gasteiger partial charge on any atom is 0.261 e. The first kappa shape index (κ1) is 17.0. The van der Waals surface area contributed by atoms with Crippen LogP contribution >= 0.6 is 11.6 Å². The lowest BCUT2D eigenvalue weighted by Gasteiger charge is -2.16. The highest BCUT2D eigenvalue weighted by atomic mass is 35.5. The zero-order valence-corrected chi connectivity index (χ0v) is 14.5. The number of imidazole rings is 1. The van der Waals surface area contributed by atoms with E-state index in [0.29, 0.717) is 17.3 Å². The van der Waals surface area contributed by atoms with Gasteiger partial charge in [0, 0.05) is 18.9 Å². The molecule has 5 nitrogen and oxygen atoms in total. The van der Waals surface area contributed by atoms with Gasteiger partial charge in [-0.25, -0.2) is 4.98 Å². The van der Waals surface area contributed by atoms with Crippen LogP contribution in [0.3, 0.4) is 0 Å². The fraction of sp³-hybridized carbons (Fsp3) is 0.158. The van der Waals surface area contributed by atoms with E-state index in [1.807, 2.05) is 47.2 Å². The van der Waals surface area contributed by atoms with Gasteiger partial charge in [-0.2, -0.15) is 0 Å². The van der Waals surface area contributed by atoms with E-state index in [0.717, 1.165) is 11.3 Å². The highest BCUT2D eigenvalue weighted by molar-refractivity contribution is 6.32. The predicted octanol–water partition coefficient (Wildman–Crippen LogP) is 3.61. The van der Waals surface area contributed by atoms with E-state index in [9.17, 15) is 4.79 Å². The van der Waals surface area contributed by atoms with Crippen molar-refractivity contribution in [3.63, 3.8) is 0 Å². The van der Waals surface area contributed by atoms with E-state index in [-0.39, 0.29) is 5.91 Å². The average molecular weight is 356 g/mol. The number of hydrogen-bond acceptors (Lipinski definition) is 3. The summed E-state index contributed by atoms with van der Waals surface area (Å²) < 4.78 is 7.55. The Balaban J connectivity index is 1.64. The standard InChI is InChI=1S/C19H18ClN3O2/c1-14(25-18-9-5-3-7-16(18)20)19(24)22-12-15-6-2-4-8-17(15)23-11-10-21-13-23/h2-11,13-14H,12H2,1H3,(H,22,24)/t14-/m0/s1. The summed E-state index contributed by atoms with van der Waals surface area (Å²) in [5.41, 5.74) is 1.96. The van der Waals surface area contributed by atoms with Gasteiger partial charge in [-0.15, -0.1) is 0 Å². The Morgan fingerprint density at radius 3 is 2.76 bits per heavy atom. The molecule has 0 radical (unpaired) electrons. The normalized spacial score (nSPS) is 11.8. The number of aromatic nitrogens is 2. The van der Waals surface area contributed by atoms with Crippen LogP contribution in [-0.4, -0.2) is 21.6 Å². The first-order chi connectivity index (χ1) is 12.1. The van der Waals surface area contributed by atoms with Gasteiger partial charge < -0.3 is 14.6 Å². The second-order valence-corrected chi connectivity index (χ2v) is 5.91. The molecule has 0 aliphatic heterocycles. The van der Waals surface area contributed by atoms with Crippen LogP contribution in [-0.2, 0) is 11.3 Å². The highest BCUT2D eigenvalue weighted by Crippen LogP contribution is 2.24. The van der Waals surface area contributed by atoms with E-state index >= 15 is 0 Å². The third kappa shape index (κ3) is 4.19. The maximum absolute atomic E-state index is 12.3. The molecule has 25 heavy (non-hydrogen) atoms. The molecule has 0 aliphatic carbocycles. The van der Waals surface area contributed by atoms with E-state index in [1.165, 1.54) is 0 Å². The number of halogens is 1. The Labute approximate surface area is 151 Å². The van der Waals surface area contributed by atoms with Crippen LogP contribution in [0.25, 0.3) is 5.69 Å². The summed E-state index contributed by atoms with van der Waals surface area (Å²) in [4.78, 5) is 16.4. The number of para-hydroxylation sites is 2. The fourth-order valence-electron chi connectivity index (χ4n) is 2.42. The van der Waals surface area contributed by atoms with E-state index in [2.05, 4.69) is 10.3 Å². The minimum Gasteiger partial charge on any atom is -0.479 e. The number of nitrogens with zero attached hydrogens (tertiary/aromatic N) is 2. The molecule has 0 bridgehead atoms. The molecule has 1 N–H and O–H groups in total. The van der Waals surface area contributed by atoms with Gasteiger partial charge >= 0.3 is 0 Å². The monoisotopic (exact) mass is 355 g/mol. The molecule has 3 rings (SSSR count). The number of benzene rings is 2. The summed E-state index contributed by atoms with van der Waals surface area (Å²) in [6.45, 7) is 2.09. The minimum atomic E-state index is -0.652. The van der Waals surface area contributed by atoms with Crippen LogP contribution in [0.2, 0.25) is 5.02 Å². The van der Waals surface area contributed by atoms with Crippen molar-refractivity contribution >= 4 is 17.5 Å². The molecule has 0 unspecified atom stereocenters. The van der Waals surface area contributed by atoms with E-state index in [4.69, 9.17) is 16.3 Å². The number of carbonyl (C=O) groups excluding carboxylic acids is 1. The summed E-state index contributed by atoms with van der Waals surface area (Å²) in [5.74, 6) is 0.283. The minimum absolute atomic E-state index is 0.208. The molecule has 0 spiro atoms. The number of carbonyl (C=O) groups is 1. The molecule has 1 amide bonds. The second-order valence-electron chi connectivity index (χ2n) is 5.51. The van der Waals surface area contributed by atoms with Crippen LogP contribution < -0.4 is 10.1 Å². The molecule has 6 heteroatoms. The predicted molar refractivity (Wildman–Crippen MR) is 97.0 cm³/mol. The lowest BCUT2D eigenvalue weighted by atomic mass is 10.1. The lowest BCUT2D eigenvalue weighted by molar-refractivity contribution is -0.127. The molecule has 1 atom stereocenters. The third-order valence-corrected chi connectivity index (χ3v) is 4.05. The van der Waals surface area contributed by atoms with Crippen LogP contribution in [0.5, 0.6) is 5.75 Å². The summed E-state index contributed by atoms with van der Waals surface area (Å²) >= 11 is 6.06. The van der Waals surface area contributed by atoms with Crippen molar-refractivity contribution in [3.05, 3.63) is 77.8 Å². The fourth-order valence-corrected chi connectivity index (χ4v) is 2.60. The van der Waals surface area contributed by atoms with Gasteiger partial charge in [0.05, 0.1) is 17.0 Å². The van der Waals surface area contributed by atoms with Crippen molar-refractivity contribution in [2.75, 3.05) is 0 Å². The Morgan fingerprint density at radius 2 is 2.00 bits per heavy atom. The first-order valence-electron chi connectivity index (χ1n) is 7.90. The lowest BCUT2D eigenvalue weighted by Crippen LogP contribution is -2.36. The quantitative estimate of drug-likeness (QED) is 0.735. The van der Waals surface area contributed by atoms with Gasteiger partial charge in [0.1, 0.15) is 5.75 Å².